The van der Waals surface area contributed by atoms with Crippen LogP contribution in [0.1, 0.15) is 26.3 Å². The molecule has 0 unspecified atom stereocenters. The smallest absolute Gasteiger partial charge is 0.254 e. The topological polar surface area (TPSA) is 66.4 Å². The second kappa shape index (κ2) is 8.47. The van der Waals surface area contributed by atoms with Gasteiger partial charge in [0.25, 0.3) is 5.91 Å². The molecule has 1 aliphatic heterocycles. The number of pyridine rings is 1. The van der Waals surface area contributed by atoms with Gasteiger partial charge >= 0.3 is 0 Å². The van der Waals surface area contributed by atoms with Gasteiger partial charge in [-0.1, -0.05) is 29.5 Å². The molecule has 0 N–H and O–H groups in total. The van der Waals surface area contributed by atoms with Crippen LogP contribution < -0.4 is 4.90 Å². The maximum atomic E-state index is 13.3. The minimum Gasteiger partial charge on any atom is -0.344 e. The lowest BCUT2D eigenvalue weighted by molar-refractivity contribution is 0.0742. The van der Waals surface area contributed by atoms with Gasteiger partial charge in [0, 0.05) is 43.5 Å². The summed E-state index contributed by atoms with van der Waals surface area (Å²) in [6, 6.07) is 16.0. The molecule has 0 spiro atoms. The van der Waals surface area contributed by atoms with Crippen molar-refractivity contribution in [1.82, 2.24) is 14.9 Å². The van der Waals surface area contributed by atoms with Crippen LogP contribution in [0, 0.1) is 5.82 Å². The number of ketones is 1. The van der Waals surface area contributed by atoms with Crippen molar-refractivity contribution >= 4 is 38.5 Å². The second-order valence-corrected chi connectivity index (χ2v) is 8.44. The fourth-order valence-electron chi connectivity index (χ4n) is 3.79. The van der Waals surface area contributed by atoms with Crippen molar-refractivity contribution in [3.8, 4) is 0 Å². The van der Waals surface area contributed by atoms with E-state index in [1.165, 1.54) is 24.3 Å². The first kappa shape index (κ1) is 20.3. The van der Waals surface area contributed by atoms with Gasteiger partial charge in [-0.05, 0) is 42.5 Å². The van der Waals surface area contributed by atoms with Crippen LogP contribution in [-0.4, -0.2) is 52.7 Å². The van der Waals surface area contributed by atoms with Gasteiger partial charge in [0.2, 0.25) is 0 Å². The van der Waals surface area contributed by atoms with Gasteiger partial charge in [0.15, 0.2) is 10.9 Å². The number of thiazole rings is 1. The number of carbonyl (C=O) groups excluding carboxylic acids is 2. The molecule has 1 saturated heterocycles. The summed E-state index contributed by atoms with van der Waals surface area (Å²) < 4.78 is 13.2. The summed E-state index contributed by atoms with van der Waals surface area (Å²) in [5.41, 5.74) is 1.91. The molecule has 0 radical (unpaired) electrons. The van der Waals surface area contributed by atoms with Crippen molar-refractivity contribution in [2.75, 3.05) is 31.1 Å². The van der Waals surface area contributed by atoms with E-state index in [1.54, 1.807) is 46.7 Å². The molecule has 6 nitrogen and oxygen atoms in total. The predicted octanol–water partition coefficient (Wildman–Crippen LogP) is 4.02. The number of anilines is 1. The monoisotopic (exact) mass is 446 g/mol. The molecule has 2 aromatic carbocycles. The Kier molecular flexibility index (Phi) is 5.36. The lowest BCUT2D eigenvalue weighted by Crippen LogP contribution is -2.49. The highest BCUT2D eigenvalue weighted by molar-refractivity contribution is 7.21. The summed E-state index contributed by atoms with van der Waals surface area (Å²) in [5.74, 6) is -0.885. The number of nitrogens with zero attached hydrogens (tertiary/aromatic N) is 4. The highest BCUT2D eigenvalue weighted by Crippen LogP contribution is 2.28. The molecule has 2 aromatic heterocycles. The average molecular weight is 447 g/mol. The van der Waals surface area contributed by atoms with E-state index in [-0.39, 0.29) is 11.7 Å². The van der Waals surface area contributed by atoms with E-state index < -0.39 is 5.82 Å². The van der Waals surface area contributed by atoms with E-state index in [4.69, 9.17) is 0 Å². The van der Waals surface area contributed by atoms with Gasteiger partial charge in [-0.3, -0.25) is 9.59 Å². The second-order valence-electron chi connectivity index (χ2n) is 7.48. The van der Waals surface area contributed by atoms with Crippen molar-refractivity contribution in [2.24, 2.45) is 0 Å². The fourth-order valence-corrected chi connectivity index (χ4v) is 4.75. The molecule has 8 heteroatoms. The van der Waals surface area contributed by atoms with Gasteiger partial charge in [-0.15, -0.1) is 0 Å². The molecule has 0 saturated carbocycles. The number of amides is 1. The quantitative estimate of drug-likeness (QED) is 0.443. The summed E-state index contributed by atoms with van der Waals surface area (Å²) in [6.45, 7) is 2.36. The zero-order valence-corrected chi connectivity index (χ0v) is 17.9. The van der Waals surface area contributed by atoms with E-state index in [2.05, 4.69) is 14.9 Å². The van der Waals surface area contributed by atoms with Gasteiger partial charge in [-0.2, -0.15) is 0 Å². The number of benzene rings is 2. The maximum Gasteiger partial charge on any atom is 0.254 e. The number of hydrogen-bond acceptors (Lipinski definition) is 6. The van der Waals surface area contributed by atoms with Crippen LogP contribution in [0.5, 0.6) is 0 Å². The van der Waals surface area contributed by atoms with Crippen LogP contribution in [0.2, 0.25) is 0 Å². The Hall–Kier alpha value is -3.65. The normalized spacial score (nSPS) is 14.0. The molecule has 1 fully saturated rings. The number of hydrogen-bond donors (Lipinski definition) is 0. The standard InChI is InChI=1S/C24H19FN4O2S/c25-17-9-7-16(8-10-17)21(30)18-4-1-2-5-19(18)23(31)28-12-14-29(15-13-28)24-27-20-6-3-11-26-22(20)32-24/h1-11H,12-15H2. The van der Waals surface area contributed by atoms with Crippen LogP contribution in [0.4, 0.5) is 9.52 Å². The Morgan fingerprint density at radius 1 is 0.875 bits per heavy atom. The van der Waals surface area contributed by atoms with Gasteiger partial charge in [0.1, 0.15) is 16.2 Å². The van der Waals surface area contributed by atoms with Crippen molar-refractivity contribution in [2.45, 2.75) is 0 Å². The van der Waals surface area contributed by atoms with Crippen LogP contribution in [-0.2, 0) is 0 Å². The Bertz CT molecular complexity index is 1260. The first-order valence-corrected chi connectivity index (χ1v) is 11.1. The molecule has 32 heavy (non-hydrogen) atoms. The lowest BCUT2D eigenvalue weighted by atomic mass is 9.97. The van der Waals surface area contributed by atoms with Gasteiger partial charge in [-0.25, -0.2) is 14.4 Å². The molecule has 3 heterocycles. The number of fused-ring (bicyclic) bond motifs is 1. The van der Waals surface area contributed by atoms with E-state index in [0.717, 1.165) is 15.5 Å². The Labute approximate surface area is 187 Å². The third kappa shape index (κ3) is 3.85. The maximum absolute atomic E-state index is 13.3. The molecule has 0 atom stereocenters. The molecular weight excluding hydrogens is 427 g/mol. The molecule has 160 valence electrons. The zero-order valence-electron chi connectivity index (χ0n) is 17.1. The molecule has 4 aromatic rings. The SMILES string of the molecule is O=C(c1ccc(F)cc1)c1ccccc1C(=O)N1CCN(c2nc3cccnc3s2)CC1. The average Bonchev–Trinajstić information content (AvgIpc) is 3.28. The Balaban J connectivity index is 1.32. The molecule has 1 amide bonds. The fraction of sp³-hybridized carbons (Fsp3) is 0.167. The van der Waals surface area contributed by atoms with Crippen LogP contribution in [0.15, 0.2) is 66.9 Å². The van der Waals surface area contributed by atoms with Crippen molar-refractivity contribution < 1.29 is 14.0 Å². The predicted molar refractivity (Wildman–Crippen MR) is 122 cm³/mol. The summed E-state index contributed by atoms with van der Waals surface area (Å²) in [7, 11) is 0. The van der Waals surface area contributed by atoms with E-state index in [0.29, 0.717) is 42.9 Å². The lowest BCUT2D eigenvalue weighted by Gasteiger charge is -2.34. The zero-order chi connectivity index (χ0) is 22.1. The van der Waals surface area contributed by atoms with Crippen LogP contribution in [0.3, 0.4) is 0 Å². The molecular formula is C24H19FN4O2S. The minimum absolute atomic E-state index is 0.179. The summed E-state index contributed by atoms with van der Waals surface area (Å²) >= 11 is 1.54. The highest BCUT2D eigenvalue weighted by atomic mass is 32.1. The van der Waals surface area contributed by atoms with E-state index in [9.17, 15) is 14.0 Å². The third-order valence-electron chi connectivity index (χ3n) is 5.50. The van der Waals surface area contributed by atoms with E-state index >= 15 is 0 Å². The summed E-state index contributed by atoms with van der Waals surface area (Å²) in [6.07, 6.45) is 1.76. The number of carbonyl (C=O) groups is 2. The Morgan fingerprint density at radius 2 is 1.59 bits per heavy atom. The summed E-state index contributed by atoms with van der Waals surface area (Å²) in [5, 5.41) is 0.901. The molecule has 5 rings (SSSR count). The van der Waals surface area contributed by atoms with Gasteiger partial charge < -0.3 is 9.80 Å². The Morgan fingerprint density at radius 3 is 2.31 bits per heavy atom. The molecule has 1 aliphatic rings. The highest BCUT2D eigenvalue weighted by Gasteiger charge is 2.27. The number of piperazine rings is 1. The minimum atomic E-state index is -0.410. The van der Waals surface area contributed by atoms with Crippen molar-refractivity contribution in [1.29, 1.82) is 0 Å². The number of rotatable bonds is 4. The molecule has 0 aliphatic carbocycles. The number of aromatic nitrogens is 2. The van der Waals surface area contributed by atoms with Crippen LogP contribution >= 0.6 is 11.3 Å². The summed E-state index contributed by atoms with van der Waals surface area (Å²) in [4.78, 5) is 40.1. The van der Waals surface area contributed by atoms with Gasteiger partial charge in [0.05, 0.1) is 5.56 Å². The first-order valence-electron chi connectivity index (χ1n) is 10.3. The largest absolute Gasteiger partial charge is 0.344 e. The van der Waals surface area contributed by atoms with E-state index in [1.807, 2.05) is 12.1 Å². The van der Waals surface area contributed by atoms with Crippen molar-refractivity contribution in [3.63, 3.8) is 0 Å². The van der Waals surface area contributed by atoms with Crippen molar-refractivity contribution in [3.05, 3.63) is 89.4 Å². The first-order chi connectivity index (χ1) is 15.6. The third-order valence-corrected chi connectivity index (χ3v) is 6.54. The molecule has 0 bridgehead atoms. The number of halogens is 1. The van der Waals surface area contributed by atoms with Crippen LogP contribution in [0.25, 0.3) is 10.3 Å².